The fraction of sp³-hybridized carbons (Fsp3) is 0.222. The Labute approximate surface area is 145 Å². The van der Waals surface area contributed by atoms with Crippen LogP contribution in [0.15, 0.2) is 54.6 Å². The van der Waals surface area contributed by atoms with Gasteiger partial charge >= 0.3 is 6.03 Å². The number of urea groups is 1. The van der Waals surface area contributed by atoms with Crippen LogP contribution in [0.3, 0.4) is 0 Å². The van der Waals surface area contributed by atoms with E-state index in [2.05, 4.69) is 10.6 Å². The SMILES string of the molecule is O=C(NC[C@@H]1CC(=O)N(c2ccccc2)C1)Nc1ccc(Cl)cc1. The highest BCUT2D eigenvalue weighted by Crippen LogP contribution is 2.24. The molecule has 1 aliphatic rings. The first kappa shape index (κ1) is 16.3. The summed E-state index contributed by atoms with van der Waals surface area (Å²) in [4.78, 5) is 25.8. The minimum Gasteiger partial charge on any atom is -0.338 e. The molecule has 2 N–H and O–H groups in total. The number of nitrogens with one attached hydrogen (secondary N) is 2. The van der Waals surface area contributed by atoms with Crippen molar-refractivity contribution < 1.29 is 9.59 Å². The standard InChI is InChI=1S/C18H18ClN3O2/c19-14-6-8-15(9-7-14)21-18(24)20-11-13-10-17(23)22(12-13)16-4-2-1-3-5-16/h1-9,13H,10-12H2,(H2,20,21,24)/t13-/m0/s1. The van der Waals surface area contributed by atoms with Gasteiger partial charge in [0, 0.05) is 41.8 Å². The molecule has 1 atom stereocenters. The molecule has 3 rings (SSSR count). The van der Waals surface area contributed by atoms with Gasteiger partial charge in [-0.3, -0.25) is 4.79 Å². The molecule has 124 valence electrons. The summed E-state index contributed by atoms with van der Waals surface area (Å²) >= 11 is 5.81. The number of carbonyl (C=O) groups is 2. The summed E-state index contributed by atoms with van der Waals surface area (Å²) < 4.78 is 0. The van der Waals surface area contributed by atoms with E-state index in [0.717, 1.165) is 5.69 Å². The quantitative estimate of drug-likeness (QED) is 0.892. The van der Waals surface area contributed by atoms with Crippen molar-refractivity contribution in [3.8, 4) is 0 Å². The van der Waals surface area contributed by atoms with Gasteiger partial charge in [0.15, 0.2) is 0 Å². The average molecular weight is 344 g/mol. The maximum absolute atomic E-state index is 12.1. The fourth-order valence-corrected chi connectivity index (χ4v) is 2.85. The van der Waals surface area contributed by atoms with E-state index in [1.165, 1.54) is 0 Å². The number of hydrogen-bond donors (Lipinski definition) is 2. The number of nitrogens with zero attached hydrogens (tertiary/aromatic N) is 1. The van der Waals surface area contributed by atoms with E-state index in [9.17, 15) is 9.59 Å². The fourth-order valence-electron chi connectivity index (χ4n) is 2.72. The smallest absolute Gasteiger partial charge is 0.319 e. The van der Waals surface area contributed by atoms with E-state index in [1.807, 2.05) is 30.3 Å². The van der Waals surface area contributed by atoms with Crippen molar-refractivity contribution in [3.63, 3.8) is 0 Å². The van der Waals surface area contributed by atoms with Crippen LogP contribution in [0, 0.1) is 5.92 Å². The summed E-state index contributed by atoms with van der Waals surface area (Å²) in [6.07, 6.45) is 0.441. The van der Waals surface area contributed by atoms with E-state index in [1.54, 1.807) is 29.2 Å². The van der Waals surface area contributed by atoms with Crippen LogP contribution in [-0.2, 0) is 4.79 Å². The van der Waals surface area contributed by atoms with Crippen molar-refractivity contribution in [3.05, 3.63) is 59.6 Å². The van der Waals surface area contributed by atoms with Crippen molar-refractivity contribution in [2.45, 2.75) is 6.42 Å². The lowest BCUT2D eigenvalue weighted by Gasteiger charge is -2.17. The highest BCUT2D eigenvalue weighted by atomic mass is 35.5. The topological polar surface area (TPSA) is 61.4 Å². The molecule has 2 aromatic carbocycles. The van der Waals surface area contributed by atoms with Crippen LogP contribution in [-0.4, -0.2) is 25.0 Å². The molecule has 0 aromatic heterocycles. The molecule has 1 aliphatic heterocycles. The second-order valence-corrected chi connectivity index (χ2v) is 6.19. The number of benzene rings is 2. The Bertz CT molecular complexity index is 719. The number of anilines is 2. The Kier molecular flexibility index (Phi) is 5.01. The first-order valence-electron chi connectivity index (χ1n) is 7.77. The number of hydrogen-bond acceptors (Lipinski definition) is 2. The lowest BCUT2D eigenvalue weighted by molar-refractivity contribution is -0.117. The molecule has 0 bridgehead atoms. The molecule has 0 radical (unpaired) electrons. The maximum atomic E-state index is 12.1. The highest BCUT2D eigenvalue weighted by molar-refractivity contribution is 6.30. The number of carbonyl (C=O) groups excluding carboxylic acids is 2. The predicted molar refractivity (Wildman–Crippen MR) is 95.4 cm³/mol. The molecule has 1 fully saturated rings. The van der Waals surface area contributed by atoms with E-state index in [-0.39, 0.29) is 17.9 Å². The van der Waals surface area contributed by atoms with E-state index in [4.69, 9.17) is 11.6 Å². The zero-order valence-electron chi connectivity index (χ0n) is 13.0. The second-order valence-electron chi connectivity index (χ2n) is 5.75. The summed E-state index contributed by atoms with van der Waals surface area (Å²) in [6, 6.07) is 16.2. The van der Waals surface area contributed by atoms with Crippen LogP contribution in [0.25, 0.3) is 0 Å². The first-order valence-corrected chi connectivity index (χ1v) is 8.15. The van der Waals surface area contributed by atoms with Crippen LogP contribution in [0.4, 0.5) is 16.2 Å². The molecule has 0 aliphatic carbocycles. The summed E-state index contributed by atoms with van der Waals surface area (Å²) in [5, 5.41) is 6.18. The molecule has 24 heavy (non-hydrogen) atoms. The maximum Gasteiger partial charge on any atom is 0.319 e. The minimum absolute atomic E-state index is 0.0890. The Morgan fingerprint density at radius 2 is 1.83 bits per heavy atom. The van der Waals surface area contributed by atoms with Gasteiger partial charge in [0.1, 0.15) is 0 Å². The zero-order chi connectivity index (χ0) is 16.9. The van der Waals surface area contributed by atoms with Crippen LogP contribution < -0.4 is 15.5 Å². The van der Waals surface area contributed by atoms with E-state index < -0.39 is 0 Å². The van der Waals surface area contributed by atoms with Gasteiger partial charge in [-0.1, -0.05) is 29.8 Å². The molecule has 6 heteroatoms. The third-order valence-corrected chi connectivity index (χ3v) is 4.18. The predicted octanol–water partition coefficient (Wildman–Crippen LogP) is 3.51. The molecule has 1 heterocycles. The van der Waals surface area contributed by atoms with Gasteiger partial charge in [-0.2, -0.15) is 0 Å². The van der Waals surface area contributed by atoms with Gasteiger partial charge in [-0.15, -0.1) is 0 Å². The normalized spacial score (nSPS) is 17.0. The lowest BCUT2D eigenvalue weighted by atomic mass is 10.1. The number of halogens is 1. The van der Waals surface area contributed by atoms with Crippen molar-refractivity contribution in [1.82, 2.24) is 5.32 Å². The summed E-state index contributed by atoms with van der Waals surface area (Å²) in [5.41, 5.74) is 1.57. The minimum atomic E-state index is -0.289. The third kappa shape index (κ3) is 4.06. The van der Waals surface area contributed by atoms with Crippen molar-refractivity contribution in [1.29, 1.82) is 0 Å². The molecule has 2 aromatic rings. The summed E-state index contributed by atoms with van der Waals surface area (Å²) in [6.45, 7) is 1.07. The summed E-state index contributed by atoms with van der Waals surface area (Å²) in [5.74, 6) is 0.194. The number of para-hydroxylation sites is 1. The van der Waals surface area contributed by atoms with Crippen LogP contribution in [0.1, 0.15) is 6.42 Å². The molecule has 0 saturated carbocycles. The van der Waals surface area contributed by atoms with Gasteiger partial charge in [-0.25, -0.2) is 4.79 Å². The number of rotatable bonds is 4. The van der Waals surface area contributed by atoms with Gasteiger partial charge < -0.3 is 15.5 Å². The Morgan fingerprint density at radius 3 is 2.54 bits per heavy atom. The highest BCUT2D eigenvalue weighted by Gasteiger charge is 2.30. The first-order chi connectivity index (χ1) is 11.6. The van der Waals surface area contributed by atoms with Crippen LogP contribution >= 0.6 is 11.6 Å². The molecule has 5 nitrogen and oxygen atoms in total. The van der Waals surface area contributed by atoms with Crippen LogP contribution in [0.5, 0.6) is 0 Å². The van der Waals surface area contributed by atoms with Crippen LogP contribution in [0.2, 0.25) is 5.02 Å². The monoisotopic (exact) mass is 343 g/mol. The van der Waals surface area contributed by atoms with Crippen molar-refractivity contribution >= 4 is 34.9 Å². The van der Waals surface area contributed by atoms with Crippen molar-refractivity contribution in [2.24, 2.45) is 5.92 Å². The summed E-state index contributed by atoms with van der Waals surface area (Å²) in [7, 11) is 0. The van der Waals surface area contributed by atoms with E-state index in [0.29, 0.717) is 30.2 Å². The molecular formula is C18H18ClN3O2. The lowest BCUT2D eigenvalue weighted by Crippen LogP contribution is -2.34. The largest absolute Gasteiger partial charge is 0.338 e. The molecule has 1 saturated heterocycles. The molecule has 3 amide bonds. The molecule has 0 unspecified atom stereocenters. The zero-order valence-corrected chi connectivity index (χ0v) is 13.8. The van der Waals surface area contributed by atoms with Gasteiger partial charge in [0.05, 0.1) is 0 Å². The van der Waals surface area contributed by atoms with Gasteiger partial charge in [0.25, 0.3) is 0 Å². The van der Waals surface area contributed by atoms with Crippen molar-refractivity contribution in [2.75, 3.05) is 23.3 Å². The Morgan fingerprint density at radius 1 is 1.12 bits per heavy atom. The Hall–Kier alpha value is -2.53. The molecular weight excluding hydrogens is 326 g/mol. The third-order valence-electron chi connectivity index (χ3n) is 3.93. The number of amides is 3. The van der Waals surface area contributed by atoms with Gasteiger partial charge in [0.2, 0.25) is 5.91 Å². The van der Waals surface area contributed by atoms with Gasteiger partial charge in [-0.05, 0) is 36.4 Å². The Balaban J connectivity index is 1.49. The average Bonchev–Trinajstić information content (AvgIpc) is 2.97. The second kappa shape index (κ2) is 7.36. The molecule has 0 spiro atoms. The van der Waals surface area contributed by atoms with E-state index >= 15 is 0 Å².